The number of thiophene rings is 1. The average Bonchev–Trinajstić information content (AvgIpc) is 2.82. The van der Waals surface area contributed by atoms with Crippen molar-refractivity contribution >= 4 is 33.2 Å². The van der Waals surface area contributed by atoms with Crippen molar-refractivity contribution in [2.45, 2.75) is 6.54 Å². The summed E-state index contributed by atoms with van der Waals surface area (Å²) in [5, 5.41) is 4.68. The van der Waals surface area contributed by atoms with Gasteiger partial charge in [-0.2, -0.15) is 0 Å². The molecule has 0 aliphatic carbocycles. The summed E-state index contributed by atoms with van der Waals surface area (Å²) in [6, 6.07) is 8.18. The van der Waals surface area contributed by atoms with E-state index < -0.39 is 5.82 Å². The van der Waals surface area contributed by atoms with Gasteiger partial charge in [0.25, 0.3) is 5.91 Å². The van der Waals surface area contributed by atoms with Crippen molar-refractivity contribution in [3.8, 4) is 0 Å². The van der Waals surface area contributed by atoms with Crippen LogP contribution in [0.25, 0.3) is 0 Å². The summed E-state index contributed by atoms with van der Waals surface area (Å²) in [5.41, 5.74) is 0.322. The van der Waals surface area contributed by atoms with Crippen LogP contribution in [0, 0.1) is 5.82 Å². The molecular weight excluding hydrogens is 305 g/mol. The Balaban J connectivity index is 2.02. The lowest BCUT2D eigenvalue weighted by Gasteiger charge is -2.04. The summed E-state index contributed by atoms with van der Waals surface area (Å²) in [7, 11) is 0. The molecule has 1 N–H and O–H groups in total. The number of carbonyl (C=O) groups is 1. The fraction of sp³-hybridized carbons (Fsp3) is 0.0833. The fourth-order valence-electron chi connectivity index (χ4n) is 1.32. The molecule has 88 valence electrons. The highest BCUT2D eigenvalue weighted by molar-refractivity contribution is 9.10. The lowest BCUT2D eigenvalue weighted by atomic mass is 10.2. The van der Waals surface area contributed by atoms with Gasteiger partial charge >= 0.3 is 0 Å². The SMILES string of the molecule is O=C(NCc1cccs1)c1ccc(Br)c(F)c1. The van der Waals surface area contributed by atoms with E-state index in [1.807, 2.05) is 17.5 Å². The van der Waals surface area contributed by atoms with Gasteiger partial charge in [-0.25, -0.2) is 4.39 Å². The Labute approximate surface area is 111 Å². The van der Waals surface area contributed by atoms with Crippen LogP contribution in [0.5, 0.6) is 0 Å². The molecule has 2 rings (SSSR count). The third kappa shape index (κ3) is 3.14. The summed E-state index contributed by atoms with van der Waals surface area (Å²) in [4.78, 5) is 12.8. The molecule has 0 aliphatic rings. The number of rotatable bonds is 3. The van der Waals surface area contributed by atoms with Gasteiger partial charge in [-0.15, -0.1) is 11.3 Å². The van der Waals surface area contributed by atoms with E-state index in [2.05, 4.69) is 21.2 Å². The van der Waals surface area contributed by atoms with E-state index in [1.165, 1.54) is 12.1 Å². The maximum Gasteiger partial charge on any atom is 0.251 e. The van der Waals surface area contributed by atoms with Crippen molar-refractivity contribution in [1.29, 1.82) is 0 Å². The highest BCUT2D eigenvalue weighted by Gasteiger charge is 2.08. The number of hydrogen-bond donors (Lipinski definition) is 1. The van der Waals surface area contributed by atoms with Crippen LogP contribution >= 0.6 is 27.3 Å². The summed E-state index contributed by atoms with van der Waals surface area (Å²) in [6.45, 7) is 0.466. The van der Waals surface area contributed by atoms with Gasteiger partial charge in [-0.3, -0.25) is 4.79 Å². The zero-order valence-corrected chi connectivity index (χ0v) is 11.1. The van der Waals surface area contributed by atoms with Crippen molar-refractivity contribution in [1.82, 2.24) is 5.32 Å². The Morgan fingerprint density at radius 3 is 2.88 bits per heavy atom. The lowest BCUT2D eigenvalue weighted by Crippen LogP contribution is -2.22. The minimum atomic E-state index is -0.436. The van der Waals surface area contributed by atoms with Gasteiger partial charge in [-0.05, 0) is 45.6 Å². The van der Waals surface area contributed by atoms with Crippen molar-refractivity contribution in [2.75, 3.05) is 0 Å². The number of halogens is 2. The van der Waals surface area contributed by atoms with Gasteiger partial charge < -0.3 is 5.32 Å². The zero-order valence-electron chi connectivity index (χ0n) is 8.74. The van der Waals surface area contributed by atoms with Crippen LogP contribution in [0.4, 0.5) is 4.39 Å². The number of carbonyl (C=O) groups excluding carboxylic acids is 1. The maximum atomic E-state index is 13.2. The second-order valence-electron chi connectivity index (χ2n) is 3.39. The second kappa shape index (κ2) is 5.42. The number of benzene rings is 1. The first kappa shape index (κ1) is 12.3. The Hall–Kier alpha value is -1.20. The Morgan fingerprint density at radius 1 is 1.41 bits per heavy atom. The van der Waals surface area contributed by atoms with Crippen molar-refractivity contribution in [3.05, 3.63) is 56.4 Å². The molecule has 0 fully saturated rings. The average molecular weight is 314 g/mol. The van der Waals surface area contributed by atoms with Crippen LogP contribution in [-0.2, 0) is 6.54 Å². The van der Waals surface area contributed by atoms with Crippen LogP contribution in [0.1, 0.15) is 15.2 Å². The first-order valence-electron chi connectivity index (χ1n) is 4.92. The standard InChI is InChI=1S/C12H9BrFNOS/c13-10-4-3-8(6-11(10)14)12(16)15-7-9-2-1-5-17-9/h1-6H,7H2,(H,15,16). The molecule has 0 aliphatic heterocycles. The molecule has 0 unspecified atom stereocenters. The first-order chi connectivity index (χ1) is 8.16. The maximum absolute atomic E-state index is 13.2. The van der Waals surface area contributed by atoms with Gasteiger partial charge in [0.2, 0.25) is 0 Å². The van der Waals surface area contributed by atoms with Crippen LogP contribution in [0.2, 0.25) is 0 Å². The number of nitrogens with one attached hydrogen (secondary N) is 1. The van der Waals surface area contributed by atoms with Gasteiger partial charge in [0, 0.05) is 10.4 Å². The highest BCUT2D eigenvalue weighted by Crippen LogP contribution is 2.16. The van der Waals surface area contributed by atoms with Crippen LogP contribution in [0.3, 0.4) is 0 Å². The smallest absolute Gasteiger partial charge is 0.251 e. The topological polar surface area (TPSA) is 29.1 Å². The third-order valence-electron chi connectivity index (χ3n) is 2.19. The monoisotopic (exact) mass is 313 g/mol. The molecule has 0 spiro atoms. The molecule has 1 heterocycles. The van der Waals surface area contributed by atoms with Crippen LogP contribution in [0.15, 0.2) is 40.2 Å². The summed E-state index contributed by atoms with van der Waals surface area (Å²) < 4.78 is 13.6. The summed E-state index contributed by atoms with van der Waals surface area (Å²) in [6.07, 6.45) is 0. The summed E-state index contributed by atoms with van der Waals surface area (Å²) in [5.74, 6) is -0.710. The van der Waals surface area contributed by atoms with E-state index in [1.54, 1.807) is 17.4 Å². The molecule has 2 aromatic rings. The second-order valence-corrected chi connectivity index (χ2v) is 5.28. The van der Waals surface area contributed by atoms with E-state index in [0.29, 0.717) is 16.6 Å². The van der Waals surface area contributed by atoms with E-state index in [-0.39, 0.29) is 5.91 Å². The molecule has 5 heteroatoms. The van der Waals surface area contributed by atoms with Gasteiger partial charge in [0.1, 0.15) is 5.82 Å². The molecule has 0 radical (unpaired) electrons. The normalized spacial score (nSPS) is 10.2. The minimum absolute atomic E-state index is 0.273. The summed E-state index contributed by atoms with van der Waals surface area (Å²) >= 11 is 4.61. The number of amides is 1. The van der Waals surface area contributed by atoms with Crippen LogP contribution < -0.4 is 5.32 Å². The van der Waals surface area contributed by atoms with Gasteiger partial charge in [-0.1, -0.05) is 6.07 Å². The Bertz CT molecular complexity index is 527. The van der Waals surface area contributed by atoms with Crippen molar-refractivity contribution < 1.29 is 9.18 Å². The first-order valence-corrected chi connectivity index (χ1v) is 6.60. The molecule has 0 bridgehead atoms. The molecule has 0 atom stereocenters. The molecule has 0 saturated carbocycles. The molecule has 1 aromatic heterocycles. The van der Waals surface area contributed by atoms with Crippen molar-refractivity contribution in [3.63, 3.8) is 0 Å². The predicted octanol–water partition coefficient (Wildman–Crippen LogP) is 3.58. The van der Waals surface area contributed by atoms with Crippen molar-refractivity contribution in [2.24, 2.45) is 0 Å². The molecule has 1 aromatic carbocycles. The highest BCUT2D eigenvalue weighted by atomic mass is 79.9. The third-order valence-corrected chi connectivity index (χ3v) is 3.70. The van der Waals surface area contributed by atoms with E-state index in [4.69, 9.17) is 0 Å². The molecule has 1 amide bonds. The number of hydrogen-bond acceptors (Lipinski definition) is 2. The molecule has 2 nitrogen and oxygen atoms in total. The molecule has 0 saturated heterocycles. The van der Waals surface area contributed by atoms with E-state index >= 15 is 0 Å². The zero-order chi connectivity index (χ0) is 12.3. The van der Waals surface area contributed by atoms with E-state index in [0.717, 1.165) is 4.88 Å². The predicted molar refractivity (Wildman–Crippen MR) is 69.6 cm³/mol. The minimum Gasteiger partial charge on any atom is -0.347 e. The van der Waals surface area contributed by atoms with Gasteiger partial charge in [0.05, 0.1) is 11.0 Å². The Morgan fingerprint density at radius 2 is 2.24 bits per heavy atom. The Kier molecular flexibility index (Phi) is 3.91. The quantitative estimate of drug-likeness (QED) is 0.922. The lowest BCUT2D eigenvalue weighted by molar-refractivity contribution is 0.0951. The van der Waals surface area contributed by atoms with E-state index in [9.17, 15) is 9.18 Å². The van der Waals surface area contributed by atoms with Gasteiger partial charge in [0.15, 0.2) is 0 Å². The molecule has 17 heavy (non-hydrogen) atoms. The van der Waals surface area contributed by atoms with Crippen LogP contribution in [-0.4, -0.2) is 5.91 Å². The fourth-order valence-corrected chi connectivity index (χ4v) is 2.21. The molecular formula is C12H9BrFNOS. The largest absolute Gasteiger partial charge is 0.347 e.